The van der Waals surface area contributed by atoms with Crippen LogP contribution in [0.15, 0.2) is 0 Å². The average Bonchev–Trinajstić information content (AvgIpc) is 2.63. The zero-order valence-electron chi connectivity index (χ0n) is 12.3. The Balaban J connectivity index is 0. The van der Waals surface area contributed by atoms with Crippen LogP contribution in [0.3, 0.4) is 0 Å². The van der Waals surface area contributed by atoms with Crippen molar-refractivity contribution < 1.29 is 4.79 Å². The van der Waals surface area contributed by atoms with E-state index in [2.05, 4.69) is 22.5 Å². The number of halogens is 2. The highest BCUT2D eigenvalue weighted by Crippen LogP contribution is 2.12. The van der Waals surface area contributed by atoms with Gasteiger partial charge >= 0.3 is 0 Å². The van der Waals surface area contributed by atoms with Gasteiger partial charge in [0, 0.05) is 12.6 Å². The van der Waals surface area contributed by atoms with E-state index in [1.54, 1.807) is 0 Å². The van der Waals surface area contributed by atoms with Crippen molar-refractivity contribution in [3.05, 3.63) is 0 Å². The van der Waals surface area contributed by atoms with E-state index in [0.29, 0.717) is 12.6 Å². The third-order valence-electron chi connectivity index (χ3n) is 3.64. The molecule has 0 saturated carbocycles. The summed E-state index contributed by atoms with van der Waals surface area (Å²) in [6.07, 6.45) is 5.07. The molecule has 0 aromatic carbocycles. The van der Waals surface area contributed by atoms with Gasteiger partial charge in [0.05, 0.1) is 6.04 Å². The molecule has 1 amide bonds. The SMILES string of the molecule is CNC(C)CNC(=O)C(C)N1CCCCCC1.Cl.Cl. The molecule has 2 N–H and O–H groups in total. The smallest absolute Gasteiger partial charge is 0.237 e. The molecule has 1 aliphatic rings. The Bertz CT molecular complexity index is 234. The minimum Gasteiger partial charge on any atom is -0.353 e. The van der Waals surface area contributed by atoms with Gasteiger partial charge in [0.15, 0.2) is 0 Å². The van der Waals surface area contributed by atoms with Crippen LogP contribution in [0.2, 0.25) is 0 Å². The van der Waals surface area contributed by atoms with Gasteiger partial charge in [-0.15, -0.1) is 24.8 Å². The van der Waals surface area contributed by atoms with E-state index in [1.165, 1.54) is 25.7 Å². The number of likely N-dealkylation sites (N-methyl/N-ethyl adjacent to an activating group) is 1. The molecule has 0 radical (unpaired) electrons. The van der Waals surface area contributed by atoms with Crippen molar-refractivity contribution >= 4 is 30.7 Å². The lowest BCUT2D eigenvalue weighted by atomic mass is 10.2. The topological polar surface area (TPSA) is 44.4 Å². The number of nitrogens with zero attached hydrogens (tertiary/aromatic N) is 1. The average molecular weight is 314 g/mol. The Morgan fingerprint density at radius 3 is 2.11 bits per heavy atom. The molecule has 2 atom stereocenters. The summed E-state index contributed by atoms with van der Waals surface area (Å²) in [5.74, 6) is 0.161. The van der Waals surface area contributed by atoms with Gasteiger partial charge in [-0.3, -0.25) is 9.69 Å². The lowest BCUT2D eigenvalue weighted by Crippen LogP contribution is -2.48. The minimum absolute atomic E-state index is 0. The standard InChI is InChI=1S/C13H27N3O.2ClH/c1-11(14-3)10-15-13(17)12(2)16-8-6-4-5-7-9-16;;/h11-12,14H,4-10H2,1-3H3,(H,15,17);2*1H. The van der Waals surface area contributed by atoms with Crippen LogP contribution in [0.25, 0.3) is 0 Å². The van der Waals surface area contributed by atoms with Gasteiger partial charge in [0.25, 0.3) is 0 Å². The fourth-order valence-electron chi connectivity index (χ4n) is 2.15. The molecule has 1 rings (SSSR count). The first-order valence-corrected chi connectivity index (χ1v) is 6.84. The van der Waals surface area contributed by atoms with Gasteiger partial charge in [-0.05, 0) is 46.8 Å². The molecule has 1 heterocycles. The molecule has 19 heavy (non-hydrogen) atoms. The fraction of sp³-hybridized carbons (Fsp3) is 0.923. The van der Waals surface area contributed by atoms with E-state index in [1.807, 2.05) is 14.0 Å². The third-order valence-corrected chi connectivity index (χ3v) is 3.64. The molecule has 1 aliphatic heterocycles. The van der Waals surface area contributed by atoms with Crippen molar-refractivity contribution in [3.8, 4) is 0 Å². The summed E-state index contributed by atoms with van der Waals surface area (Å²) in [5, 5.41) is 6.13. The second-order valence-corrected chi connectivity index (χ2v) is 5.06. The van der Waals surface area contributed by atoms with E-state index in [9.17, 15) is 4.79 Å². The van der Waals surface area contributed by atoms with Gasteiger partial charge < -0.3 is 10.6 Å². The monoisotopic (exact) mass is 313 g/mol. The summed E-state index contributed by atoms with van der Waals surface area (Å²) in [5.41, 5.74) is 0. The van der Waals surface area contributed by atoms with Crippen LogP contribution in [-0.2, 0) is 4.79 Å². The quantitative estimate of drug-likeness (QED) is 0.813. The van der Waals surface area contributed by atoms with Crippen molar-refractivity contribution in [2.45, 2.75) is 51.6 Å². The summed E-state index contributed by atoms with van der Waals surface area (Å²) in [7, 11) is 1.91. The molecule has 4 nitrogen and oxygen atoms in total. The van der Waals surface area contributed by atoms with Crippen LogP contribution in [0.5, 0.6) is 0 Å². The Morgan fingerprint density at radius 2 is 1.63 bits per heavy atom. The van der Waals surface area contributed by atoms with Crippen LogP contribution in [-0.4, -0.2) is 49.6 Å². The first-order valence-electron chi connectivity index (χ1n) is 6.84. The molecule has 6 heteroatoms. The van der Waals surface area contributed by atoms with Crippen LogP contribution in [0.1, 0.15) is 39.5 Å². The normalized spacial score (nSPS) is 19.3. The van der Waals surface area contributed by atoms with Gasteiger partial charge in [-0.2, -0.15) is 0 Å². The predicted octanol–water partition coefficient (Wildman–Crippen LogP) is 1.82. The second-order valence-electron chi connectivity index (χ2n) is 5.06. The zero-order chi connectivity index (χ0) is 12.7. The predicted molar refractivity (Wildman–Crippen MR) is 85.5 cm³/mol. The number of hydrogen-bond acceptors (Lipinski definition) is 3. The molecule has 0 aromatic heterocycles. The largest absolute Gasteiger partial charge is 0.353 e. The molecule has 2 unspecified atom stereocenters. The summed E-state index contributed by atoms with van der Waals surface area (Å²) in [4.78, 5) is 14.3. The summed E-state index contributed by atoms with van der Waals surface area (Å²) >= 11 is 0. The maximum atomic E-state index is 12.0. The molecule has 0 aromatic rings. The van der Waals surface area contributed by atoms with Gasteiger partial charge in [-0.1, -0.05) is 12.8 Å². The van der Waals surface area contributed by atoms with Crippen LogP contribution in [0, 0.1) is 0 Å². The minimum atomic E-state index is 0. The number of hydrogen-bond donors (Lipinski definition) is 2. The van der Waals surface area contributed by atoms with E-state index in [0.717, 1.165) is 13.1 Å². The Labute approximate surface area is 129 Å². The van der Waals surface area contributed by atoms with Crippen molar-refractivity contribution in [2.75, 3.05) is 26.7 Å². The molecule has 116 valence electrons. The van der Waals surface area contributed by atoms with Gasteiger partial charge in [0.2, 0.25) is 5.91 Å². The van der Waals surface area contributed by atoms with E-state index in [-0.39, 0.29) is 36.8 Å². The lowest BCUT2D eigenvalue weighted by Gasteiger charge is -2.27. The molecular formula is C13H29Cl2N3O. The highest BCUT2D eigenvalue weighted by molar-refractivity contribution is 5.85. The van der Waals surface area contributed by atoms with Crippen LogP contribution >= 0.6 is 24.8 Å². The first-order chi connectivity index (χ1) is 8.15. The Kier molecular flexibility index (Phi) is 13.2. The van der Waals surface area contributed by atoms with E-state index < -0.39 is 0 Å². The van der Waals surface area contributed by atoms with E-state index in [4.69, 9.17) is 0 Å². The van der Waals surface area contributed by atoms with Crippen molar-refractivity contribution in [1.29, 1.82) is 0 Å². The molecule has 0 spiro atoms. The summed E-state index contributed by atoms with van der Waals surface area (Å²) < 4.78 is 0. The number of amides is 1. The van der Waals surface area contributed by atoms with Crippen molar-refractivity contribution in [1.82, 2.24) is 15.5 Å². The number of carbonyl (C=O) groups is 1. The van der Waals surface area contributed by atoms with Gasteiger partial charge in [0.1, 0.15) is 0 Å². The van der Waals surface area contributed by atoms with Crippen LogP contribution < -0.4 is 10.6 Å². The Morgan fingerprint density at radius 1 is 1.11 bits per heavy atom. The number of carbonyl (C=O) groups excluding carboxylic acids is 1. The highest BCUT2D eigenvalue weighted by atomic mass is 35.5. The maximum absolute atomic E-state index is 12.0. The molecule has 1 saturated heterocycles. The highest BCUT2D eigenvalue weighted by Gasteiger charge is 2.21. The second kappa shape index (κ2) is 11.8. The maximum Gasteiger partial charge on any atom is 0.237 e. The number of nitrogens with one attached hydrogen (secondary N) is 2. The number of rotatable bonds is 5. The lowest BCUT2D eigenvalue weighted by molar-refractivity contribution is -0.125. The number of likely N-dealkylation sites (tertiary alicyclic amines) is 1. The molecule has 0 aliphatic carbocycles. The summed E-state index contributed by atoms with van der Waals surface area (Å²) in [6.45, 7) is 6.92. The van der Waals surface area contributed by atoms with Crippen molar-refractivity contribution in [2.24, 2.45) is 0 Å². The van der Waals surface area contributed by atoms with Gasteiger partial charge in [-0.25, -0.2) is 0 Å². The van der Waals surface area contributed by atoms with Crippen LogP contribution in [0.4, 0.5) is 0 Å². The molecule has 1 fully saturated rings. The molecule has 0 bridgehead atoms. The molecular weight excluding hydrogens is 285 g/mol. The fourth-order valence-corrected chi connectivity index (χ4v) is 2.15. The van der Waals surface area contributed by atoms with E-state index >= 15 is 0 Å². The third kappa shape index (κ3) is 7.98. The first kappa shape index (κ1) is 21.3. The van der Waals surface area contributed by atoms with Crippen molar-refractivity contribution in [3.63, 3.8) is 0 Å². The zero-order valence-corrected chi connectivity index (χ0v) is 13.9. The Hall–Kier alpha value is -0.0300. The summed E-state index contributed by atoms with van der Waals surface area (Å²) in [6, 6.07) is 0.340.